The molecule has 7 heteroatoms. The Hall–Kier alpha value is -3.87. The lowest BCUT2D eigenvalue weighted by Crippen LogP contribution is -2.31. The standard InChI is InChI=1S/C23H17F2N3O2/c24-16-10-11-19(25)21(13-16)26-22(29)14-28-23(30)18-9-5-4-8-17(18)20(27-28)12-15-6-2-1-3-7-15/h1-11,13H,12,14H2,(H,26,29). The summed E-state index contributed by atoms with van der Waals surface area (Å²) < 4.78 is 28.2. The summed E-state index contributed by atoms with van der Waals surface area (Å²) in [6.45, 7) is -0.429. The maximum atomic E-state index is 13.8. The van der Waals surface area contributed by atoms with Gasteiger partial charge in [-0.2, -0.15) is 5.10 Å². The van der Waals surface area contributed by atoms with E-state index < -0.39 is 29.6 Å². The number of anilines is 1. The van der Waals surface area contributed by atoms with E-state index in [1.807, 2.05) is 42.5 Å². The zero-order valence-corrected chi connectivity index (χ0v) is 15.8. The van der Waals surface area contributed by atoms with Crippen LogP contribution in [0.2, 0.25) is 0 Å². The maximum absolute atomic E-state index is 13.8. The summed E-state index contributed by atoms with van der Waals surface area (Å²) in [5.74, 6) is -2.14. The van der Waals surface area contributed by atoms with Crippen LogP contribution in [-0.4, -0.2) is 15.7 Å². The first-order chi connectivity index (χ1) is 14.5. The van der Waals surface area contributed by atoms with Crippen LogP contribution in [0.25, 0.3) is 10.8 Å². The van der Waals surface area contributed by atoms with Crippen molar-refractivity contribution < 1.29 is 13.6 Å². The van der Waals surface area contributed by atoms with Gasteiger partial charge in [-0.1, -0.05) is 48.5 Å². The lowest BCUT2D eigenvalue weighted by atomic mass is 10.0. The molecule has 0 unspecified atom stereocenters. The molecular formula is C23H17F2N3O2. The van der Waals surface area contributed by atoms with Gasteiger partial charge in [0.2, 0.25) is 5.91 Å². The van der Waals surface area contributed by atoms with Gasteiger partial charge in [-0.05, 0) is 23.8 Å². The summed E-state index contributed by atoms with van der Waals surface area (Å²) in [5.41, 5.74) is 0.920. The van der Waals surface area contributed by atoms with Gasteiger partial charge in [0.15, 0.2) is 0 Å². The Morgan fingerprint density at radius 3 is 2.40 bits per heavy atom. The van der Waals surface area contributed by atoms with E-state index in [0.29, 0.717) is 22.9 Å². The minimum atomic E-state index is -0.770. The van der Waals surface area contributed by atoms with Crippen LogP contribution in [-0.2, 0) is 17.8 Å². The fourth-order valence-corrected chi connectivity index (χ4v) is 3.25. The summed E-state index contributed by atoms with van der Waals surface area (Å²) in [4.78, 5) is 25.2. The molecule has 1 heterocycles. The molecule has 0 saturated heterocycles. The van der Waals surface area contributed by atoms with Gasteiger partial charge in [0.25, 0.3) is 5.56 Å². The molecule has 150 valence electrons. The maximum Gasteiger partial charge on any atom is 0.275 e. The number of fused-ring (bicyclic) bond motifs is 1. The predicted molar refractivity (Wildman–Crippen MR) is 110 cm³/mol. The van der Waals surface area contributed by atoms with Crippen LogP contribution in [0.5, 0.6) is 0 Å². The predicted octanol–water partition coefficient (Wildman–Crippen LogP) is 3.90. The van der Waals surface area contributed by atoms with Crippen molar-refractivity contribution in [2.24, 2.45) is 0 Å². The molecule has 1 amide bonds. The second-order valence-electron chi connectivity index (χ2n) is 6.79. The van der Waals surface area contributed by atoms with Crippen LogP contribution >= 0.6 is 0 Å². The van der Waals surface area contributed by atoms with E-state index in [-0.39, 0.29) is 5.69 Å². The number of aromatic nitrogens is 2. The molecule has 3 aromatic carbocycles. The van der Waals surface area contributed by atoms with Gasteiger partial charge in [-0.25, -0.2) is 13.5 Å². The van der Waals surface area contributed by atoms with Crippen LogP contribution in [0.15, 0.2) is 77.6 Å². The highest BCUT2D eigenvalue weighted by atomic mass is 19.1. The molecule has 0 aliphatic rings. The number of hydrogen-bond acceptors (Lipinski definition) is 3. The normalized spacial score (nSPS) is 10.9. The van der Waals surface area contributed by atoms with Gasteiger partial charge in [0, 0.05) is 17.9 Å². The summed E-state index contributed by atoms with van der Waals surface area (Å²) in [6, 6.07) is 19.4. The van der Waals surface area contributed by atoms with Crippen molar-refractivity contribution in [2.75, 3.05) is 5.32 Å². The molecule has 0 saturated carbocycles. The minimum Gasteiger partial charge on any atom is -0.322 e. The molecule has 0 aliphatic carbocycles. The molecule has 4 aromatic rings. The first-order valence-corrected chi connectivity index (χ1v) is 9.29. The molecule has 0 atom stereocenters. The average molecular weight is 405 g/mol. The quantitative estimate of drug-likeness (QED) is 0.548. The Bertz CT molecular complexity index is 1290. The van der Waals surface area contributed by atoms with Crippen molar-refractivity contribution in [1.29, 1.82) is 0 Å². The molecule has 0 aliphatic heterocycles. The summed E-state index contributed by atoms with van der Waals surface area (Å²) in [7, 11) is 0. The number of rotatable bonds is 5. The van der Waals surface area contributed by atoms with E-state index in [4.69, 9.17) is 0 Å². The first kappa shape index (κ1) is 19.4. The van der Waals surface area contributed by atoms with Crippen molar-refractivity contribution in [3.05, 3.63) is 106 Å². The lowest BCUT2D eigenvalue weighted by molar-refractivity contribution is -0.117. The van der Waals surface area contributed by atoms with Gasteiger partial charge in [0.05, 0.1) is 16.8 Å². The third kappa shape index (κ3) is 4.10. The van der Waals surface area contributed by atoms with E-state index in [0.717, 1.165) is 28.4 Å². The largest absolute Gasteiger partial charge is 0.322 e. The number of carbonyl (C=O) groups excluding carboxylic acids is 1. The fraction of sp³-hybridized carbons (Fsp3) is 0.0870. The first-order valence-electron chi connectivity index (χ1n) is 9.29. The Labute approximate surface area is 170 Å². The van der Waals surface area contributed by atoms with E-state index in [9.17, 15) is 18.4 Å². The second-order valence-corrected chi connectivity index (χ2v) is 6.79. The number of nitrogens with zero attached hydrogens (tertiary/aromatic N) is 2. The Kier molecular flexibility index (Phi) is 5.34. The van der Waals surface area contributed by atoms with Crippen molar-refractivity contribution >= 4 is 22.4 Å². The number of hydrogen-bond donors (Lipinski definition) is 1. The van der Waals surface area contributed by atoms with Crippen LogP contribution in [0.3, 0.4) is 0 Å². The van der Waals surface area contributed by atoms with Crippen LogP contribution in [0, 0.1) is 11.6 Å². The number of amides is 1. The zero-order chi connectivity index (χ0) is 21.1. The highest BCUT2D eigenvalue weighted by molar-refractivity contribution is 5.91. The highest BCUT2D eigenvalue weighted by Gasteiger charge is 2.15. The summed E-state index contributed by atoms with van der Waals surface area (Å²) >= 11 is 0. The van der Waals surface area contributed by atoms with Crippen molar-refractivity contribution in [2.45, 2.75) is 13.0 Å². The molecule has 30 heavy (non-hydrogen) atoms. The molecule has 0 radical (unpaired) electrons. The smallest absolute Gasteiger partial charge is 0.275 e. The van der Waals surface area contributed by atoms with Gasteiger partial charge in [-0.15, -0.1) is 0 Å². The summed E-state index contributed by atoms with van der Waals surface area (Å²) in [5, 5.41) is 7.82. The fourth-order valence-electron chi connectivity index (χ4n) is 3.25. The number of carbonyl (C=O) groups is 1. The van der Waals surface area contributed by atoms with Gasteiger partial charge >= 0.3 is 0 Å². The zero-order valence-electron chi connectivity index (χ0n) is 15.8. The topological polar surface area (TPSA) is 64.0 Å². The van der Waals surface area contributed by atoms with Crippen LogP contribution in [0.1, 0.15) is 11.3 Å². The van der Waals surface area contributed by atoms with Crippen molar-refractivity contribution in [1.82, 2.24) is 9.78 Å². The average Bonchev–Trinajstić information content (AvgIpc) is 2.75. The molecule has 0 spiro atoms. The molecule has 5 nitrogen and oxygen atoms in total. The van der Waals surface area contributed by atoms with Crippen LogP contribution < -0.4 is 10.9 Å². The number of halogens is 2. The monoisotopic (exact) mass is 405 g/mol. The van der Waals surface area contributed by atoms with Crippen LogP contribution in [0.4, 0.5) is 14.5 Å². The van der Waals surface area contributed by atoms with Crippen molar-refractivity contribution in [3.8, 4) is 0 Å². The molecule has 0 fully saturated rings. The van der Waals surface area contributed by atoms with Gasteiger partial charge in [-0.3, -0.25) is 9.59 Å². The molecular weight excluding hydrogens is 388 g/mol. The lowest BCUT2D eigenvalue weighted by Gasteiger charge is -2.12. The Morgan fingerprint density at radius 2 is 1.63 bits per heavy atom. The Balaban J connectivity index is 1.68. The summed E-state index contributed by atoms with van der Waals surface area (Å²) in [6.07, 6.45) is 0.474. The SMILES string of the molecule is O=C(Cn1nc(Cc2ccccc2)c2ccccc2c1=O)Nc1cc(F)ccc1F. The van der Waals surface area contributed by atoms with E-state index in [2.05, 4.69) is 10.4 Å². The van der Waals surface area contributed by atoms with Gasteiger partial charge < -0.3 is 5.32 Å². The number of benzene rings is 3. The van der Waals surface area contributed by atoms with E-state index in [1.165, 1.54) is 0 Å². The third-order valence-corrected chi connectivity index (χ3v) is 4.65. The molecule has 0 bridgehead atoms. The number of nitrogens with one attached hydrogen (secondary N) is 1. The van der Waals surface area contributed by atoms with E-state index in [1.54, 1.807) is 12.1 Å². The molecule has 4 rings (SSSR count). The minimum absolute atomic E-state index is 0.293. The molecule has 1 aromatic heterocycles. The highest BCUT2D eigenvalue weighted by Crippen LogP contribution is 2.18. The van der Waals surface area contributed by atoms with Crippen molar-refractivity contribution in [3.63, 3.8) is 0 Å². The molecule has 1 N–H and O–H groups in total. The Morgan fingerprint density at radius 1 is 0.933 bits per heavy atom. The van der Waals surface area contributed by atoms with E-state index >= 15 is 0 Å². The second kappa shape index (κ2) is 8.24. The third-order valence-electron chi connectivity index (χ3n) is 4.65. The van der Waals surface area contributed by atoms with Gasteiger partial charge in [0.1, 0.15) is 18.2 Å².